The molecular formula is C20H24N2O2. The van der Waals surface area contributed by atoms with Crippen LogP contribution in [0.4, 0.5) is 11.4 Å². The van der Waals surface area contributed by atoms with Crippen LogP contribution in [0.15, 0.2) is 54.6 Å². The van der Waals surface area contributed by atoms with Crippen LogP contribution in [0.25, 0.3) is 0 Å². The van der Waals surface area contributed by atoms with Gasteiger partial charge in [0.1, 0.15) is 0 Å². The van der Waals surface area contributed by atoms with Crippen molar-refractivity contribution in [3.63, 3.8) is 0 Å². The highest BCUT2D eigenvalue weighted by Gasteiger charge is 2.30. The Morgan fingerprint density at radius 1 is 1.12 bits per heavy atom. The lowest BCUT2D eigenvalue weighted by atomic mass is 10.0. The number of anilines is 2. The number of ether oxygens (including phenoxy) is 1. The van der Waals surface area contributed by atoms with Crippen molar-refractivity contribution in [2.75, 3.05) is 30.0 Å². The predicted molar refractivity (Wildman–Crippen MR) is 97.5 cm³/mol. The molecule has 0 saturated carbocycles. The zero-order chi connectivity index (χ0) is 17.0. The summed E-state index contributed by atoms with van der Waals surface area (Å²) in [5.41, 5.74) is 2.98. The molecule has 0 aliphatic carbocycles. The Morgan fingerprint density at radius 3 is 2.50 bits per heavy atom. The average Bonchev–Trinajstić information content (AvgIpc) is 2.56. The van der Waals surface area contributed by atoms with Gasteiger partial charge in [0.25, 0.3) is 0 Å². The minimum atomic E-state index is -0.0175. The van der Waals surface area contributed by atoms with Crippen LogP contribution in [0.3, 0.4) is 0 Å². The Labute approximate surface area is 143 Å². The number of morpholine rings is 1. The van der Waals surface area contributed by atoms with Crippen LogP contribution in [-0.2, 0) is 16.0 Å². The van der Waals surface area contributed by atoms with Gasteiger partial charge in [-0.1, -0.05) is 30.3 Å². The molecule has 3 rings (SSSR count). The number of amides is 1. The first-order valence-corrected chi connectivity index (χ1v) is 8.34. The standard InChI is InChI=1S/C20H24N2O2/c1-20(2)15-24-13-12-22(20)18-10-8-17(9-11-18)21-19(23)14-16-6-4-3-5-7-16/h3-11H,12-15H2,1-2H3,(H,21,23). The van der Waals surface area contributed by atoms with Gasteiger partial charge in [0.05, 0.1) is 25.2 Å². The van der Waals surface area contributed by atoms with Crippen LogP contribution < -0.4 is 10.2 Å². The summed E-state index contributed by atoms with van der Waals surface area (Å²) in [6.07, 6.45) is 0.388. The number of carbonyl (C=O) groups excluding carboxylic acids is 1. The molecule has 126 valence electrons. The lowest BCUT2D eigenvalue weighted by Crippen LogP contribution is -2.53. The molecular weight excluding hydrogens is 300 g/mol. The van der Waals surface area contributed by atoms with Crippen molar-refractivity contribution in [3.05, 3.63) is 60.2 Å². The minimum Gasteiger partial charge on any atom is -0.377 e. The number of hydrogen-bond acceptors (Lipinski definition) is 3. The van der Waals surface area contributed by atoms with E-state index < -0.39 is 0 Å². The van der Waals surface area contributed by atoms with Gasteiger partial charge < -0.3 is 15.0 Å². The van der Waals surface area contributed by atoms with E-state index in [1.54, 1.807) is 0 Å². The van der Waals surface area contributed by atoms with E-state index in [0.29, 0.717) is 6.42 Å². The molecule has 0 spiro atoms. The van der Waals surface area contributed by atoms with Crippen LogP contribution in [0.2, 0.25) is 0 Å². The Bertz CT molecular complexity index is 681. The molecule has 1 heterocycles. The molecule has 2 aromatic carbocycles. The highest BCUT2D eigenvalue weighted by atomic mass is 16.5. The van der Waals surface area contributed by atoms with Crippen molar-refractivity contribution >= 4 is 17.3 Å². The third-order valence-corrected chi connectivity index (χ3v) is 4.32. The summed E-state index contributed by atoms with van der Waals surface area (Å²) in [4.78, 5) is 14.5. The fraction of sp³-hybridized carbons (Fsp3) is 0.350. The van der Waals surface area contributed by atoms with Crippen LogP contribution in [-0.4, -0.2) is 31.2 Å². The number of nitrogens with zero attached hydrogens (tertiary/aromatic N) is 1. The molecule has 4 heteroatoms. The monoisotopic (exact) mass is 324 g/mol. The van der Waals surface area contributed by atoms with Gasteiger partial charge in [-0.3, -0.25) is 4.79 Å². The van der Waals surface area contributed by atoms with Crippen molar-refractivity contribution in [3.8, 4) is 0 Å². The van der Waals surface area contributed by atoms with Crippen molar-refractivity contribution in [1.82, 2.24) is 0 Å². The van der Waals surface area contributed by atoms with Crippen LogP contribution in [0.1, 0.15) is 19.4 Å². The Hall–Kier alpha value is -2.33. The first kappa shape index (κ1) is 16.5. The molecule has 0 unspecified atom stereocenters. The predicted octanol–water partition coefficient (Wildman–Crippen LogP) is 3.48. The van der Waals surface area contributed by atoms with Gasteiger partial charge in [-0.2, -0.15) is 0 Å². The summed E-state index contributed by atoms with van der Waals surface area (Å²) < 4.78 is 5.57. The molecule has 1 N–H and O–H groups in total. The number of hydrogen-bond donors (Lipinski definition) is 1. The van der Waals surface area contributed by atoms with Gasteiger partial charge in [-0.25, -0.2) is 0 Å². The molecule has 4 nitrogen and oxygen atoms in total. The van der Waals surface area contributed by atoms with Gasteiger partial charge >= 0.3 is 0 Å². The first-order chi connectivity index (χ1) is 11.5. The Morgan fingerprint density at radius 2 is 1.83 bits per heavy atom. The maximum atomic E-state index is 12.1. The smallest absolute Gasteiger partial charge is 0.228 e. The van der Waals surface area contributed by atoms with E-state index in [4.69, 9.17) is 4.74 Å². The summed E-state index contributed by atoms with van der Waals surface area (Å²) in [7, 11) is 0. The van der Waals surface area contributed by atoms with E-state index in [-0.39, 0.29) is 11.4 Å². The molecule has 0 radical (unpaired) electrons. The van der Waals surface area contributed by atoms with Crippen LogP contribution in [0, 0.1) is 0 Å². The van der Waals surface area contributed by atoms with Crippen molar-refractivity contribution in [2.24, 2.45) is 0 Å². The molecule has 0 aromatic heterocycles. The van der Waals surface area contributed by atoms with Crippen molar-refractivity contribution < 1.29 is 9.53 Å². The van der Waals surface area contributed by atoms with Gasteiger partial charge in [-0.15, -0.1) is 0 Å². The third kappa shape index (κ3) is 3.95. The highest BCUT2D eigenvalue weighted by molar-refractivity contribution is 5.92. The summed E-state index contributed by atoms with van der Waals surface area (Å²) in [5.74, 6) is 0.000604. The molecule has 1 fully saturated rings. The molecule has 1 amide bonds. The molecule has 1 aliphatic rings. The second kappa shape index (κ2) is 7.05. The summed E-state index contributed by atoms with van der Waals surface area (Å²) in [6.45, 7) is 6.72. The van der Waals surface area contributed by atoms with Crippen molar-refractivity contribution in [2.45, 2.75) is 25.8 Å². The maximum absolute atomic E-state index is 12.1. The minimum absolute atomic E-state index is 0.000604. The first-order valence-electron chi connectivity index (χ1n) is 8.34. The molecule has 1 aliphatic heterocycles. The second-order valence-electron chi connectivity index (χ2n) is 6.77. The van der Waals surface area contributed by atoms with E-state index >= 15 is 0 Å². The largest absolute Gasteiger partial charge is 0.377 e. The van der Waals surface area contributed by atoms with Gasteiger partial charge in [0, 0.05) is 17.9 Å². The maximum Gasteiger partial charge on any atom is 0.228 e. The van der Waals surface area contributed by atoms with Crippen LogP contribution >= 0.6 is 0 Å². The van der Waals surface area contributed by atoms with E-state index in [0.717, 1.165) is 36.7 Å². The summed E-state index contributed by atoms with van der Waals surface area (Å²) in [6, 6.07) is 17.8. The van der Waals surface area contributed by atoms with Crippen LogP contribution in [0.5, 0.6) is 0 Å². The topological polar surface area (TPSA) is 41.6 Å². The van der Waals surface area contributed by atoms with Gasteiger partial charge in [-0.05, 0) is 43.7 Å². The van der Waals surface area contributed by atoms with E-state index in [1.165, 1.54) is 0 Å². The third-order valence-electron chi connectivity index (χ3n) is 4.32. The number of carbonyl (C=O) groups is 1. The van der Waals surface area contributed by atoms with Gasteiger partial charge in [0.2, 0.25) is 5.91 Å². The zero-order valence-corrected chi connectivity index (χ0v) is 14.3. The Kier molecular flexibility index (Phi) is 4.86. The molecule has 0 atom stereocenters. The highest BCUT2D eigenvalue weighted by Crippen LogP contribution is 2.27. The number of rotatable bonds is 4. The lowest BCUT2D eigenvalue weighted by Gasteiger charge is -2.43. The SMILES string of the molecule is CC1(C)COCCN1c1ccc(NC(=O)Cc2ccccc2)cc1. The molecule has 0 bridgehead atoms. The number of benzene rings is 2. The fourth-order valence-electron chi connectivity index (χ4n) is 3.05. The second-order valence-corrected chi connectivity index (χ2v) is 6.77. The zero-order valence-electron chi connectivity index (χ0n) is 14.3. The van der Waals surface area contributed by atoms with Gasteiger partial charge in [0.15, 0.2) is 0 Å². The summed E-state index contributed by atoms with van der Waals surface area (Å²) in [5, 5.41) is 2.96. The summed E-state index contributed by atoms with van der Waals surface area (Å²) >= 11 is 0. The Balaban J connectivity index is 1.63. The molecule has 1 saturated heterocycles. The normalized spacial score (nSPS) is 16.7. The molecule has 2 aromatic rings. The average molecular weight is 324 g/mol. The lowest BCUT2D eigenvalue weighted by molar-refractivity contribution is -0.115. The molecule has 24 heavy (non-hydrogen) atoms. The quantitative estimate of drug-likeness (QED) is 0.936. The number of nitrogens with one attached hydrogen (secondary N) is 1. The van der Waals surface area contributed by atoms with E-state index in [2.05, 4.69) is 36.2 Å². The van der Waals surface area contributed by atoms with E-state index in [1.807, 2.05) is 42.5 Å². The fourth-order valence-corrected chi connectivity index (χ4v) is 3.05. The van der Waals surface area contributed by atoms with E-state index in [9.17, 15) is 4.79 Å². The van der Waals surface area contributed by atoms with Crippen molar-refractivity contribution in [1.29, 1.82) is 0 Å².